The Morgan fingerprint density at radius 1 is 0.686 bits per heavy atom. The Morgan fingerprint density at radius 3 is 1.69 bits per heavy atom. The van der Waals surface area contributed by atoms with Crippen molar-refractivity contribution in [2.75, 3.05) is 0 Å². The molecule has 0 atom stereocenters. The fourth-order valence-corrected chi connectivity index (χ4v) is 6.73. The number of thiocarbonyl (C=S) groups is 1. The number of nitrogens with zero attached hydrogens (tertiary/aromatic N) is 1. The molecule has 0 heterocycles. The standard InChI is InChI=1S/C33H45NS/c1-2-3-4-5-6-26-9-15-29(16-10-26)30-17-11-27(12-18-30)7-8-28-13-19-31(20-14-28)32-21-23-33(24-22-32)34-25-35/h9-10,15-16,21-24,27-28,30-31H,2-8,11-14,17-20H2,1H3. The number of aliphatic imine (C=N–C) groups is 1. The first-order chi connectivity index (χ1) is 17.2. The van der Waals surface area contributed by atoms with E-state index in [-0.39, 0.29) is 0 Å². The lowest BCUT2D eigenvalue weighted by atomic mass is 9.73. The summed E-state index contributed by atoms with van der Waals surface area (Å²) < 4.78 is 0. The van der Waals surface area contributed by atoms with E-state index in [1.165, 1.54) is 107 Å². The summed E-state index contributed by atoms with van der Waals surface area (Å²) in [6.45, 7) is 2.29. The van der Waals surface area contributed by atoms with Crippen molar-refractivity contribution in [1.29, 1.82) is 0 Å². The van der Waals surface area contributed by atoms with Gasteiger partial charge in [-0.25, -0.2) is 0 Å². The summed E-state index contributed by atoms with van der Waals surface area (Å²) in [6, 6.07) is 18.4. The first-order valence-electron chi connectivity index (χ1n) is 14.5. The van der Waals surface area contributed by atoms with Crippen LogP contribution in [0, 0.1) is 11.8 Å². The molecule has 0 spiro atoms. The molecule has 0 bridgehead atoms. The van der Waals surface area contributed by atoms with Crippen molar-refractivity contribution >= 4 is 23.1 Å². The zero-order valence-electron chi connectivity index (χ0n) is 21.9. The molecule has 2 aliphatic carbocycles. The van der Waals surface area contributed by atoms with E-state index in [4.69, 9.17) is 12.2 Å². The van der Waals surface area contributed by atoms with Crippen molar-refractivity contribution in [2.24, 2.45) is 16.8 Å². The Hall–Kier alpha value is -1.76. The highest BCUT2D eigenvalue weighted by Crippen LogP contribution is 2.41. The molecule has 188 valence electrons. The third-order valence-electron chi connectivity index (χ3n) is 8.99. The first-order valence-corrected chi connectivity index (χ1v) is 14.9. The molecule has 2 aromatic carbocycles. The van der Waals surface area contributed by atoms with Crippen LogP contribution in [0.2, 0.25) is 0 Å². The van der Waals surface area contributed by atoms with Gasteiger partial charge in [0.25, 0.3) is 0 Å². The summed E-state index contributed by atoms with van der Waals surface area (Å²) in [4.78, 5) is 4.08. The maximum atomic E-state index is 4.71. The summed E-state index contributed by atoms with van der Waals surface area (Å²) in [5.74, 6) is 3.45. The van der Waals surface area contributed by atoms with E-state index < -0.39 is 0 Å². The predicted molar refractivity (Wildman–Crippen MR) is 154 cm³/mol. The quantitative estimate of drug-likeness (QED) is 0.174. The third kappa shape index (κ3) is 8.12. The number of unbranched alkanes of at least 4 members (excludes halogenated alkanes) is 3. The molecule has 4 rings (SSSR count). The first kappa shape index (κ1) is 26.3. The van der Waals surface area contributed by atoms with Crippen molar-refractivity contribution in [2.45, 2.75) is 115 Å². The normalized spacial score (nSPS) is 24.6. The van der Waals surface area contributed by atoms with Gasteiger partial charge in [-0.15, -0.1) is 0 Å². The summed E-state index contributed by atoms with van der Waals surface area (Å²) in [6.07, 6.45) is 20.8. The Kier molecular flexibility index (Phi) is 10.6. The maximum Gasteiger partial charge on any atom is 0.0739 e. The highest BCUT2D eigenvalue weighted by atomic mass is 32.1. The Bertz CT molecular complexity index is 909. The number of rotatable bonds is 11. The Morgan fingerprint density at radius 2 is 1.20 bits per heavy atom. The molecule has 2 saturated carbocycles. The van der Waals surface area contributed by atoms with Gasteiger partial charge in [-0.2, -0.15) is 4.99 Å². The van der Waals surface area contributed by atoms with E-state index in [0.29, 0.717) is 0 Å². The van der Waals surface area contributed by atoms with Crippen LogP contribution in [0.1, 0.15) is 125 Å². The van der Waals surface area contributed by atoms with E-state index in [2.05, 4.69) is 65.6 Å². The number of hydrogen-bond donors (Lipinski definition) is 0. The second-order valence-corrected chi connectivity index (χ2v) is 11.5. The second-order valence-electron chi connectivity index (χ2n) is 11.4. The molecule has 0 amide bonds. The van der Waals surface area contributed by atoms with Crippen molar-refractivity contribution < 1.29 is 0 Å². The Balaban J connectivity index is 1.13. The zero-order chi connectivity index (χ0) is 24.3. The lowest BCUT2D eigenvalue weighted by Crippen LogP contribution is -2.17. The van der Waals surface area contributed by atoms with Crippen molar-refractivity contribution in [3.63, 3.8) is 0 Å². The van der Waals surface area contributed by atoms with Gasteiger partial charge < -0.3 is 0 Å². The number of benzene rings is 2. The Labute approximate surface area is 219 Å². The van der Waals surface area contributed by atoms with Crippen LogP contribution in [0.4, 0.5) is 5.69 Å². The minimum absolute atomic E-state index is 0.731. The molecular weight excluding hydrogens is 442 g/mol. The monoisotopic (exact) mass is 487 g/mol. The van der Waals surface area contributed by atoms with Gasteiger partial charge in [0.15, 0.2) is 0 Å². The van der Waals surface area contributed by atoms with Gasteiger partial charge in [0, 0.05) is 0 Å². The molecular formula is C33H45NS. The molecule has 35 heavy (non-hydrogen) atoms. The van der Waals surface area contributed by atoms with Gasteiger partial charge in [-0.3, -0.25) is 0 Å². The fourth-order valence-electron chi connectivity index (χ4n) is 6.63. The summed E-state index contributed by atoms with van der Waals surface area (Å²) >= 11 is 4.71. The fraction of sp³-hybridized carbons (Fsp3) is 0.606. The average Bonchev–Trinajstić information content (AvgIpc) is 2.92. The summed E-state index contributed by atoms with van der Waals surface area (Å²) in [5.41, 5.74) is 5.53. The van der Waals surface area contributed by atoms with Gasteiger partial charge in [0.2, 0.25) is 0 Å². The van der Waals surface area contributed by atoms with E-state index in [1.54, 1.807) is 5.56 Å². The van der Waals surface area contributed by atoms with Crippen molar-refractivity contribution in [3.8, 4) is 0 Å². The average molecular weight is 488 g/mol. The molecule has 0 aromatic heterocycles. The van der Waals surface area contributed by atoms with E-state index in [0.717, 1.165) is 29.4 Å². The molecule has 0 N–H and O–H groups in total. The molecule has 2 fully saturated rings. The minimum atomic E-state index is 0.731. The molecule has 2 heteroatoms. The topological polar surface area (TPSA) is 12.4 Å². The highest BCUT2D eigenvalue weighted by Gasteiger charge is 2.26. The number of isothiocyanates is 1. The molecule has 0 saturated heterocycles. The van der Waals surface area contributed by atoms with E-state index >= 15 is 0 Å². The lowest BCUT2D eigenvalue weighted by Gasteiger charge is -2.32. The smallest absolute Gasteiger partial charge is 0.0739 e. The van der Waals surface area contributed by atoms with Gasteiger partial charge in [0.05, 0.1) is 10.8 Å². The molecule has 1 nitrogen and oxygen atoms in total. The summed E-state index contributed by atoms with van der Waals surface area (Å²) in [5, 5.41) is 2.46. The highest BCUT2D eigenvalue weighted by molar-refractivity contribution is 7.78. The van der Waals surface area contributed by atoms with Crippen molar-refractivity contribution in [1.82, 2.24) is 0 Å². The van der Waals surface area contributed by atoms with Crippen LogP contribution in [0.3, 0.4) is 0 Å². The third-order valence-corrected chi connectivity index (χ3v) is 9.08. The zero-order valence-corrected chi connectivity index (χ0v) is 22.7. The van der Waals surface area contributed by atoms with Gasteiger partial charge in [-0.05, 0) is 129 Å². The largest absolute Gasteiger partial charge is 0.195 e. The van der Waals surface area contributed by atoms with Crippen LogP contribution in [0.5, 0.6) is 0 Å². The molecule has 2 aliphatic rings. The predicted octanol–water partition coefficient (Wildman–Crippen LogP) is 10.6. The molecule has 2 aromatic rings. The second kappa shape index (κ2) is 14.1. The maximum absolute atomic E-state index is 4.71. The SMILES string of the molecule is CCCCCCc1ccc(C2CCC(CCC3CCC(c4ccc(N=C=S)cc4)CC3)CC2)cc1. The van der Waals surface area contributed by atoms with Crippen LogP contribution in [0.15, 0.2) is 53.5 Å². The summed E-state index contributed by atoms with van der Waals surface area (Å²) in [7, 11) is 0. The van der Waals surface area contributed by atoms with Gasteiger partial charge >= 0.3 is 0 Å². The minimum Gasteiger partial charge on any atom is -0.195 e. The molecule has 0 radical (unpaired) electrons. The lowest BCUT2D eigenvalue weighted by molar-refractivity contribution is 0.252. The van der Waals surface area contributed by atoms with E-state index in [1.807, 2.05) is 0 Å². The van der Waals surface area contributed by atoms with Gasteiger partial charge in [0.1, 0.15) is 0 Å². The number of aryl methyl sites for hydroxylation is 1. The van der Waals surface area contributed by atoms with E-state index in [9.17, 15) is 0 Å². The molecule has 0 aliphatic heterocycles. The van der Waals surface area contributed by atoms with Gasteiger partial charge in [-0.1, -0.05) is 75.4 Å². The molecule has 0 unspecified atom stereocenters. The van der Waals surface area contributed by atoms with Crippen molar-refractivity contribution in [3.05, 3.63) is 65.2 Å². The van der Waals surface area contributed by atoms with Crippen LogP contribution < -0.4 is 0 Å². The number of hydrogen-bond acceptors (Lipinski definition) is 2. The van der Waals surface area contributed by atoms with Crippen LogP contribution in [-0.2, 0) is 6.42 Å². The van der Waals surface area contributed by atoms with Crippen LogP contribution in [-0.4, -0.2) is 5.16 Å². The van der Waals surface area contributed by atoms with Crippen LogP contribution in [0.25, 0.3) is 0 Å². The van der Waals surface area contributed by atoms with Crippen LogP contribution >= 0.6 is 12.2 Å².